The highest BCUT2D eigenvalue weighted by atomic mass is 16.2. The Morgan fingerprint density at radius 2 is 1.47 bits per heavy atom. The zero-order valence-electron chi connectivity index (χ0n) is 17.6. The molecule has 150 valence electrons. The van der Waals surface area contributed by atoms with Gasteiger partial charge < -0.3 is 5.32 Å². The summed E-state index contributed by atoms with van der Waals surface area (Å²) in [4.78, 5) is 17.5. The van der Waals surface area contributed by atoms with Gasteiger partial charge in [0.1, 0.15) is 0 Å². The molecule has 1 N–H and O–H groups in total. The molecule has 0 spiro atoms. The second kappa shape index (κ2) is 7.95. The van der Waals surface area contributed by atoms with E-state index in [0.29, 0.717) is 5.82 Å². The summed E-state index contributed by atoms with van der Waals surface area (Å²) < 4.78 is 1.73. The maximum absolute atomic E-state index is 12.9. The number of anilines is 1. The van der Waals surface area contributed by atoms with Gasteiger partial charge in [-0.15, -0.1) is 5.10 Å². The average molecular weight is 396 g/mol. The van der Waals surface area contributed by atoms with Crippen molar-refractivity contribution in [2.75, 3.05) is 5.32 Å². The standard InChI is InChI=1S/C25H24N4O/c1-16-10-12-21(14-18(16)3)26-25(30)23-27-24(20-8-6-5-7-9-20)29(28-23)22-13-11-17(2)19(4)15-22/h5-15H,1-4H3,(H,26,30). The van der Waals surface area contributed by atoms with E-state index in [1.807, 2.05) is 68.4 Å². The topological polar surface area (TPSA) is 59.8 Å². The molecule has 5 nitrogen and oxygen atoms in total. The Labute approximate surface area is 176 Å². The lowest BCUT2D eigenvalue weighted by molar-refractivity contribution is 0.101. The van der Waals surface area contributed by atoms with Crippen molar-refractivity contribution in [1.82, 2.24) is 14.8 Å². The maximum Gasteiger partial charge on any atom is 0.295 e. The number of aromatic nitrogens is 3. The Morgan fingerprint density at radius 1 is 0.800 bits per heavy atom. The quantitative estimate of drug-likeness (QED) is 0.501. The number of carbonyl (C=O) groups excluding carboxylic acids is 1. The SMILES string of the molecule is Cc1ccc(NC(=O)c2nc(-c3ccccc3)n(-c3ccc(C)c(C)c3)n2)cc1C. The predicted molar refractivity (Wildman–Crippen MR) is 120 cm³/mol. The van der Waals surface area contributed by atoms with E-state index in [-0.39, 0.29) is 11.7 Å². The number of rotatable bonds is 4. The third kappa shape index (κ3) is 3.87. The van der Waals surface area contributed by atoms with E-state index in [1.165, 1.54) is 11.1 Å². The van der Waals surface area contributed by atoms with Crippen LogP contribution in [0.5, 0.6) is 0 Å². The van der Waals surface area contributed by atoms with Crippen molar-refractivity contribution < 1.29 is 4.79 Å². The smallest absolute Gasteiger partial charge is 0.295 e. The Balaban J connectivity index is 1.75. The van der Waals surface area contributed by atoms with Crippen LogP contribution in [0.15, 0.2) is 66.7 Å². The lowest BCUT2D eigenvalue weighted by Gasteiger charge is -2.08. The van der Waals surface area contributed by atoms with Crippen molar-refractivity contribution in [2.45, 2.75) is 27.7 Å². The lowest BCUT2D eigenvalue weighted by Crippen LogP contribution is -2.14. The molecule has 0 aliphatic rings. The highest BCUT2D eigenvalue weighted by molar-refractivity contribution is 6.01. The highest BCUT2D eigenvalue weighted by Gasteiger charge is 2.19. The van der Waals surface area contributed by atoms with Crippen LogP contribution in [0.4, 0.5) is 5.69 Å². The van der Waals surface area contributed by atoms with Gasteiger partial charge in [0, 0.05) is 11.3 Å². The first-order chi connectivity index (χ1) is 14.4. The average Bonchev–Trinajstić information content (AvgIpc) is 3.19. The predicted octanol–water partition coefficient (Wildman–Crippen LogP) is 5.42. The molecule has 4 rings (SSSR count). The summed E-state index contributed by atoms with van der Waals surface area (Å²) in [6.07, 6.45) is 0. The molecule has 0 radical (unpaired) electrons. The van der Waals surface area contributed by atoms with Crippen molar-refractivity contribution in [3.05, 3.63) is 94.8 Å². The number of aryl methyl sites for hydroxylation is 4. The summed E-state index contributed by atoms with van der Waals surface area (Å²) >= 11 is 0. The first-order valence-electron chi connectivity index (χ1n) is 9.91. The van der Waals surface area contributed by atoms with Gasteiger partial charge in [-0.2, -0.15) is 0 Å². The summed E-state index contributed by atoms with van der Waals surface area (Å²) in [7, 11) is 0. The molecule has 4 aromatic rings. The number of nitrogens with one attached hydrogen (secondary N) is 1. The Morgan fingerprint density at radius 3 is 2.13 bits per heavy atom. The van der Waals surface area contributed by atoms with E-state index >= 15 is 0 Å². The number of amides is 1. The van der Waals surface area contributed by atoms with Crippen LogP contribution in [0.25, 0.3) is 17.1 Å². The van der Waals surface area contributed by atoms with Crippen LogP contribution in [-0.2, 0) is 0 Å². The monoisotopic (exact) mass is 396 g/mol. The summed E-state index contributed by atoms with van der Waals surface area (Å²) in [6, 6.07) is 21.7. The molecule has 1 heterocycles. The summed E-state index contributed by atoms with van der Waals surface area (Å²) in [6.45, 7) is 8.19. The van der Waals surface area contributed by atoms with Gasteiger partial charge in [0.2, 0.25) is 5.82 Å². The summed E-state index contributed by atoms with van der Waals surface area (Å²) in [5.41, 5.74) is 7.15. The number of hydrogen-bond donors (Lipinski definition) is 1. The van der Waals surface area contributed by atoms with Gasteiger partial charge in [-0.05, 0) is 74.2 Å². The largest absolute Gasteiger partial charge is 0.319 e. The lowest BCUT2D eigenvalue weighted by atomic mass is 10.1. The van der Waals surface area contributed by atoms with Crippen LogP contribution < -0.4 is 5.32 Å². The molecule has 5 heteroatoms. The van der Waals surface area contributed by atoms with Gasteiger partial charge in [-0.3, -0.25) is 4.79 Å². The van der Waals surface area contributed by atoms with Crippen molar-refractivity contribution in [3.63, 3.8) is 0 Å². The molecule has 1 aromatic heterocycles. The minimum Gasteiger partial charge on any atom is -0.319 e. The maximum atomic E-state index is 12.9. The van der Waals surface area contributed by atoms with E-state index in [0.717, 1.165) is 28.1 Å². The molecule has 0 bridgehead atoms. The highest BCUT2D eigenvalue weighted by Crippen LogP contribution is 2.23. The zero-order chi connectivity index (χ0) is 21.3. The molecule has 0 atom stereocenters. The van der Waals surface area contributed by atoms with E-state index in [1.54, 1.807) is 4.68 Å². The van der Waals surface area contributed by atoms with Crippen molar-refractivity contribution in [3.8, 4) is 17.1 Å². The van der Waals surface area contributed by atoms with Gasteiger partial charge in [-0.25, -0.2) is 9.67 Å². The molecule has 30 heavy (non-hydrogen) atoms. The minimum atomic E-state index is -0.335. The molecular formula is C25H24N4O. The number of hydrogen-bond acceptors (Lipinski definition) is 3. The van der Waals surface area contributed by atoms with E-state index in [2.05, 4.69) is 41.4 Å². The van der Waals surface area contributed by atoms with Crippen LogP contribution >= 0.6 is 0 Å². The van der Waals surface area contributed by atoms with Gasteiger partial charge in [0.25, 0.3) is 5.91 Å². The van der Waals surface area contributed by atoms with E-state index in [9.17, 15) is 4.79 Å². The minimum absolute atomic E-state index is 0.130. The fourth-order valence-electron chi connectivity index (χ4n) is 3.23. The van der Waals surface area contributed by atoms with Crippen LogP contribution in [-0.4, -0.2) is 20.7 Å². The molecule has 0 fully saturated rings. The molecule has 0 aliphatic heterocycles. The number of benzene rings is 3. The molecule has 0 saturated heterocycles. The van der Waals surface area contributed by atoms with Gasteiger partial charge in [-0.1, -0.05) is 42.5 Å². The molecule has 3 aromatic carbocycles. The molecule has 0 saturated carbocycles. The molecule has 1 amide bonds. The second-order valence-electron chi connectivity index (χ2n) is 7.56. The van der Waals surface area contributed by atoms with Crippen LogP contribution in [0, 0.1) is 27.7 Å². The van der Waals surface area contributed by atoms with E-state index < -0.39 is 0 Å². The van der Waals surface area contributed by atoms with Crippen LogP contribution in [0.2, 0.25) is 0 Å². The Bertz CT molecular complexity index is 1230. The third-order valence-corrected chi connectivity index (χ3v) is 5.34. The van der Waals surface area contributed by atoms with Crippen molar-refractivity contribution in [2.24, 2.45) is 0 Å². The Hall–Kier alpha value is -3.73. The second-order valence-corrected chi connectivity index (χ2v) is 7.56. The molecular weight excluding hydrogens is 372 g/mol. The Kier molecular flexibility index (Phi) is 5.19. The van der Waals surface area contributed by atoms with Crippen LogP contribution in [0.3, 0.4) is 0 Å². The normalized spacial score (nSPS) is 10.8. The van der Waals surface area contributed by atoms with E-state index in [4.69, 9.17) is 0 Å². The molecule has 0 aliphatic carbocycles. The number of nitrogens with zero attached hydrogens (tertiary/aromatic N) is 3. The van der Waals surface area contributed by atoms with Crippen molar-refractivity contribution in [1.29, 1.82) is 0 Å². The zero-order valence-corrected chi connectivity index (χ0v) is 17.6. The van der Waals surface area contributed by atoms with Gasteiger partial charge >= 0.3 is 0 Å². The molecule has 0 unspecified atom stereocenters. The van der Waals surface area contributed by atoms with Gasteiger partial charge in [0.15, 0.2) is 5.82 Å². The van der Waals surface area contributed by atoms with Crippen LogP contribution in [0.1, 0.15) is 32.9 Å². The van der Waals surface area contributed by atoms with Gasteiger partial charge in [0.05, 0.1) is 5.69 Å². The first kappa shape index (κ1) is 19.6. The number of carbonyl (C=O) groups is 1. The summed E-state index contributed by atoms with van der Waals surface area (Å²) in [5, 5.41) is 7.47. The fourth-order valence-corrected chi connectivity index (χ4v) is 3.23. The van der Waals surface area contributed by atoms with Crippen molar-refractivity contribution >= 4 is 11.6 Å². The third-order valence-electron chi connectivity index (χ3n) is 5.34. The first-order valence-corrected chi connectivity index (χ1v) is 9.91. The summed E-state index contributed by atoms with van der Waals surface area (Å²) in [5.74, 6) is 0.424. The fraction of sp³-hybridized carbons (Fsp3) is 0.160.